The third kappa shape index (κ3) is 2.39. The molecule has 0 radical (unpaired) electrons. The first-order valence-corrected chi connectivity index (χ1v) is 8.19. The first kappa shape index (κ1) is 14.0. The number of rotatable bonds is 2. The lowest BCUT2D eigenvalue weighted by Gasteiger charge is -2.13. The molecule has 0 unspecified atom stereocenters. The molecule has 0 aliphatic heterocycles. The second-order valence-corrected chi connectivity index (χ2v) is 6.26. The van der Waals surface area contributed by atoms with Crippen LogP contribution in [0.5, 0.6) is 0 Å². The summed E-state index contributed by atoms with van der Waals surface area (Å²) in [5, 5.41) is 10.5. The lowest BCUT2D eigenvalue weighted by Crippen LogP contribution is -2.24. The van der Waals surface area contributed by atoms with Gasteiger partial charge in [-0.25, -0.2) is 14.5 Å². The summed E-state index contributed by atoms with van der Waals surface area (Å²) in [6.07, 6.45) is 3.71. The van der Waals surface area contributed by atoms with Crippen LogP contribution in [0.1, 0.15) is 11.3 Å². The molecule has 2 N–H and O–H groups in total. The van der Waals surface area contributed by atoms with Crippen molar-refractivity contribution in [1.29, 1.82) is 0 Å². The number of urea groups is 1. The van der Waals surface area contributed by atoms with Gasteiger partial charge >= 0.3 is 6.03 Å². The van der Waals surface area contributed by atoms with Crippen LogP contribution < -0.4 is 10.6 Å². The van der Waals surface area contributed by atoms with Crippen molar-refractivity contribution in [2.75, 3.05) is 12.4 Å². The van der Waals surface area contributed by atoms with Crippen molar-refractivity contribution < 1.29 is 4.79 Å². The largest absolute Gasteiger partial charge is 0.341 e. The molecule has 0 atom stereocenters. The van der Waals surface area contributed by atoms with E-state index < -0.39 is 0 Å². The molecule has 7 heteroatoms. The maximum Gasteiger partial charge on any atom is 0.320 e. The van der Waals surface area contributed by atoms with E-state index in [-0.39, 0.29) is 6.03 Å². The average molecular weight is 325 g/mol. The number of carbonyl (C=O) groups excluding carboxylic acids is 1. The predicted molar refractivity (Wildman–Crippen MR) is 90.2 cm³/mol. The lowest BCUT2D eigenvalue weighted by molar-refractivity contribution is 0.254. The second kappa shape index (κ2) is 5.51. The molecular weight excluding hydrogens is 310 g/mol. The van der Waals surface area contributed by atoms with Gasteiger partial charge in [0.05, 0.1) is 28.1 Å². The Morgan fingerprint density at radius 2 is 2.09 bits per heavy atom. The molecule has 3 aromatic rings. The molecule has 0 saturated carbocycles. The third-order valence-electron chi connectivity index (χ3n) is 3.84. The standard InChI is InChI=1S/C16H15N5OS/c1-17-15(22)20-16-19-12-8-7-10-9-18-21(13(10)14(12)23-16)11-5-3-2-4-6-11/h2-6,9H,7-8H2,1H3,(H2,17,19,20,22). The van der Waals surface area contributed by atoms with Crippen molar-refractivity contribution in [3.8, 4) is 16.3 Å². The van der Waals surface area contributed by atoms with E-state index in [2.05, 4.69) is 20.7 Å². The van der Waals surface area contributed by atoms with Crippen molar-refractivity contribution in [2.45, 2.75) is 12.8 Å². The highest BCUT2D eigenvalue weighted by atomic mass is 32.1. The van der Waals surface area contributed by atoms with Crippen LogP contribution in [0.4, 0.5) is 9.93 Å². The fourth-order valence-corrected chi connectivity index (χ4v) is 3.82. The Hall–Kier alpha value is -2.67. The van der Waals surface area contributed by atoms with E-state index >= 15 is 0 Å². The van der Waals surface area contributed by atoms with Crippen LogP contribution in [-0.2, 0) is 12.8 Å². The first-order chi connectivity index (χ1) is 11.3. The molecule has 116 valence electrons. The Labute approximate surface area is 137 Å². The number of nitrogens with one attached hydrogen (secondary N) is 2. The number of aromatic nitrogens is 3. The van der Waals surface area contributed by atoms with E-state index in [0.29, 0.717) is 5.13 Å². The summed E-state index contributed by atoms with van der Waals surface area (Å²) < 4.78 is 1.95. The summed E-state index contributed by atoms with van der Waals surface area (Å²) >= 11 is 1.49. The van der Waals surface area contributed by atoms with Crippen molar-refractivity contribution in [3.63, 3.8) is 0 Å². The van der Waals surface area contributed by atoms with Gasteiger partial charge in [-0.3, -0.25) is 5.32 Å². The molecule has 0 bridgehead atoms. The van der Waals surface area contributed by atoms with E-state index in [1.165, 1.54) is 16.9 Å². The number of hydrogen-bond acceptors (Lipinski definition) is 4. The fourth-order valence-electron chi connectivity index (χ4n) is 2.74. The summed E-state index contributed by atoms with van der Waals surface area (Å²) in [5.41, 5.74) is 4.35. The zero-order chi connectivity index (χ0) is 15.8. The second-order valence-electron chi connectivity index (χ2n) is 5.26. The molecule has 2 heterocycles. The summed E-state index contributed by atoms with van der Waals surface area (Å²) in [7, 11) is 1.59. The number of carbonyl (C=O) groups is 1. The Morgan fingerprint density at radius 1 is 1.26 bits per heavy atom. The monoisotopic (exact) mass is 325 g/mol. The molecule has 1 aliphatic carbocycles. The van der Waals surface area contributed by atoms with Gasteiger partial charge in [0.15, 0.2) is 5.13 Å². The van der Waals surface area contributed by atoms with Gasteiger partial charge in [0.2, 0.25) is 0 Å². The van der Waals surface area contributed by atoms with Gasteiger partial charge in [0.1, 0.15) is 0 Å². The molecule has 1 aliphatic rings. The molecule has 2 aromatic heterocycles. The van der Waals surface area contributed by atoms with Crippen molar-refractivity contribution >= 4 is 22.5 Å². The number of hydrogen-bond donors (Lipinski definition) is 2. The van der Waals surface area contributed by atoms with Gasteiger partial charge in [0, 0.05) is 7.05 Å². The van der Waals surface area contributed by atoms with E-state index in [9.17, 15) is 4.79 Å². The Balaban J connectivity index is 1.80. The van der Waals surface area contributed by atoms with E-state index in [0.717, 1.165) is 34.8 Å². The van der Waals surface area contributed by atoms with Crippen molar-refractivity contribution in [2.24, 2.45) is 0 Å². The highest BCUT2D eigenvalue weighted by molar-refractivity contribution is 7.19. The van der Waals surface area contributed by atoms with Crippen molar-refractivity contribution in [1.82, 2.24) is 20.1 Å². The van der Waals surface area contributed by atoms with Gasteiger partial charge in [-0.05, 0) is 30.5 Å². The molecule has 23 heavy (non-hydrogen) atoms. The van der Waals surface area contributed by atoms with Gasteiger partial charge in [-0.1, -0.05) is 29.5 Å². The first-order valence-electron chi connectivity index (χ1n) is 7.37. The minimum Gasteiger partial charge on any atom is -0.341 e. The number of anilines is 1. The van der Waals surface area contributed by atoms with Crippen LogP contribution >= 0.6 is 11.3 Å². The summed E-state index contributed by atoms with van der Waals surface area (Å²) in [6.45, 7) is 0. The molecule has 4 rings (SSSR count). The molecule has 1 aromatic carbocycles. The summed E-state index contributed by atoms with van der Waals surface area (Å²) in [6, 6.07) is 9.80. The Kier molecular flexibility index (Phi) is 3.34. The molecule has 0 fully saturated rings. The number of para-hydroxylation sites is 1. The van der Waals surface area contributed by atoms with E-state index in [1.54, 1.807) is 7.05 Å². The number of amides is 2. The minimum atomic E-state index is -0.257. The summed E-state index contributed by atoms with van der Waals surface area (Å²) in [5.74, 6) is 0. The number of benzene rings is 1. The van der Waals surface area contributed by atoms with Gasteiger partial charge in [0.25, 0.3) is 0 Å². The van der Waals surface area contributed by atoms with Crippen LogP contribution in [0.15, 0.2) is 36.5 Å². The lowest BCUT2D eigenvalue weighted by atomic mass is 10.0. The zero-order valence-electron chi connectivity index (χ0n) is 12.5. The zero-order valence-corrected chi connectivity index (χ0v) is 13.4. The van der Waals surface area contributed by atoms with Crippen molar-refractivity contribution in [3.05, 3.63) is 47.8 Å². The average Bonchev–Trinajstić information content (AvgIpc) is 3.18. The molecular formula is C16H15N5OS. The SMILES string of the molecule is CNC(=O)Nc1nc2c(s1)-c1c(cnn1-c1ccccc1)CC2. The predicted octanol–water partition coefficient (Wildman–Crippen LogP) is 2.85. The molecule has 6 nitrogen and oxygen atoms in total. The molecule has 0 spiro atoms. The Bertz CT molecular complexity index is 868. The molecule has 0 saturated heterocycles. The number of thiazole rings is 1. The number of aryl methyl sites for hydroxylation is 2. The topological polar surface area (TPSA) is 71.8 Å². The smallest absolute Gasteiger partial charge is 0.320 e. The maximum atomic E-state index is 11.5. The van der Waals surface area contributed by atoms with E-state index in [4.69, 9.17) is 0 Å². The van der Waals surface area contributed by atoms with Gasteiger partial charge in [-0.2, -0.15) is 5.10 Å². The van der Waals surface area contributed by atoms with Crippen LogP contribution in [0, 0.1) is 0 Å². The van der Waals surface area contributed by atoms with Crippen LogP contribution in [0.2, 0.25) is 0 Å². The van der Waals surface area contributed by atoms with Crippen LogP contribution in [0.3, 0.4) is 0 Å². The minimum absolute atomic E-state index is 0.257. The van der Waals surface area contributed by atoms with Gasteiger partial charge in [-0.15, -0.1) is 0 Å². The van der Waals surface area contributed by atoms with E-state index in [1.807, 2.05) is 41.2 Å². The molecule has 2 amide bonds. The highest BCUT2D eigenvalue weighted by Crippen LogP contribution is 2.40. The fraction of sp³-hybridized carbons (Fsp3) is 0.188. The number of nitrogens with zero attached hydrogens (tertiary/aromatic N) is 3. The summed E-state index contributed by atoms with van der Waals surface area (Å²) in [4.78, 5) is 17.1. The van der Waals surface area contributed by atoms with Gasteiger partial charge < -0.3 is 5.32 Å². The Morgan fingerprint density at radius 3 is 2.87 bits per heavy atom. The number of fused-ring (bicyclic) bond motifs is 3. The normalized spacial score (nSPS) is 12.4. The van der Waals surface area contributed by atoms with Crippen LogP contribution in [0.25, 0.3) is 16.3 Å². The third-order valence-corrected chi connectivity index (χ3v) is 4.86. The maximum absolute atomic E-state index is 11.5. The quantitative estimate of drug-likeness (QED) is 0.761. The highest BCUT2D eigenvalue weighted by Gasteiger charge is 2.26. The van der Waals surface area contributed by atoms with Crippen LogP contribution in [-0.4, -0.2) is 27.8 Å².